The molecule has 0 aliphatic carbocycles. The van der Waals surface area contributed by atoms with Crippen molar-refractivity contribution < 1.29 is 14.8 Å². The first-order valence-electron chi connectivity index (χ1n) is 5.97. The summed E-state index contributed by atoms with van der Waals surface area (Å²) in [5.74, 6) is -1.31. The lowest BCUT2D eigenvalue weighted by Crippen LogP contribution is -2.17. The Labute approximate surface area is 105 Å². The molecule has 1 N–H and O–H groups in total. The number of hydrogen-bond donors (Lipinski definition) is 1. The highest BCUT2D eigenvalue weighted by Crippen LogP contribution is 2.19. The van der Waals surface area contributed by atoms with Crippen molar-refractivity contribution in [2.75, 3.05) is 0 Å². The Hall–Kier alpha value is -1.92. The van der Waals surface area contributed by atoms with E-state index in [1.165, 1.54) is 17.1 Å². The smallest absolute Gasteiger partial charge is 0.381 e. The highest BCUT2D eigenvalue weighted by atomic mass is 16.6. The van der Waals surface area contributed by atoms with E-state index >= 15 is 0 Å². The van der Waals surface area contributed by atoms with Crippen LogP contribution in [0.1, 0.15) is 45.1 Å². The Kier molecular flexibility index (Phi) is 5.29. The maximum atomic E-state index is 11.1. The first-order valence-corrected chi connectivity index (χ1v) is 5.97. The van der Waals surface area contributed by atoms with Crippen molar-refractivity contribution in [3.05, 3.63) is 22.6 Å². The van der Waals surface area contributed by atoms with E-state index in [1.807, 2.05) is 0 Å². The quantitative estimate of drug-likeness (QED) is 0.437. The lowest BCUT2D eigenvalue weighted by Gasteiger charge is -2.11. The van der Waals surface area contributed by atoms with E-state index in [9.17, 15) is 14.9 Å². The van der Waals surface area contributed by atoms with Gasteiger partial charge in [-0.25, -0.2) is 4.79 Å². The standard InChI is InChI=1S/C11H17N3O4/c1-2-3-4-5-6-9(11(15)16)13-7-10(12-8-13)14(17)18/h7-9H,2-6H2,1H3,(H,15,16)/t9-/m0/s1. The molecule has 0 aliphatic heterocycles. The number of rotatable bonds is 8. The summed E-state index contributed by atoms with van der Waals surface area (Å²) < 4.78 is 1.30. The van der Waals surface area contributed by atoms with E-state index in [0.29, 0.717) is 6.42 Å². The molecule has 1 atom stereocenters. The molecular weight excluding hydrogens is 238 g/mol. The average Bonchev–Trinajstić information content (AvgIpc) is 2.77. The fourth-order valence-corrected chi connectivity index (χ4v) is 1.76. The van der Waals surface area contributed by atoms with Gasteiger partial charge in [0.15, 0.2) is 0 Å². The maximum Gasteiger partial charge on any atom is 0.381 e. The van der Waals surface area contributed by atoms with Gasteiger partial charge in [-0.1, -0.05) is 32.6 Å². The molecule has 0 spiro atoms. The van der Waals surface area contributed by atoms with Crippen molar-refractivity contribution in [3.63, 3.8) is 0 Å². The number of aromatic nitrogens is 2. The molecule has 1 aromatic heterocycles. The zero-order valence-corrected chi connectivity index (χ0v) is 10.3. The lowest BCUT2D eigenvalue weighted by molar-refractivity contribution is -0.389. The fourth-order valence-electron chi connectivity index (χ4n) is 1.76. The largest absolute Gasteiger partial charge is 0.480 e. The van der Waals surface area contributed by atoms with Crippen LogP contribution in [0.2, 0.25) is 0 Å². The van der Waals surface area contributed by atoms with Crippen LogP contribution in [0.5, 0.6) is 0 Å². The van der Waals surface area contributed by atoms with Gasteiger partial charge in [-0.3, -0.25) is 4.57 Å². The van der Waals surface area contributed by atoms with Gasteiger partial charge in [-0.05, 0) is 16.3 Å². The number of aliphatic carboxylic acids is 1. The summed E-state index contributed by atoms with van der Waals surface area (Å²) in [5.41, 5.74) is 0. The maximum absolute atomic E-state index is 11.1. The third kappa shape index (κ3) is 3.83. The Morgan fingerprint density at radius 2 is 2.28 bits per heavy atom. The van der Waals surface area contributed by atoms with Crippen LogP contribution in [0.4, 0.5) is 5.82 Å². The van der Waals surface area contributed by atoms with E-state index < -0.39 is 16.9 Å². The van der Waals surface area contributed by atoms with E-state index in [2.05, 4.69) is 11.9 Å². The van der Waals surface area contributed by atoms with Gasteiger partial charge in [-0.15, -0.1) is 0 Å². The van der Waals surface area contributed by atoms with Crippen molar-refractivity contribution in [2.24, 2.45) is 0 Å². The van der Waals surface area contributed by atoms with Gasteiger partial charge in [0, 0.05) is 0 Å². The number of nitrogens with zero attached hydrogens (tertiary/aromatic N) is 3. The molecule has 7 nitrogen and oxygen atoms in total. The fraction of sp³-hybridized carbons (Fsp3) is 0.636. The second-order valence-corrected chi connectivity index (χ2v) is 4.14. The molecule has 18 heavy (non-hydrogen) atoms. The number of carbonyl (C=O) groups is 1. The van der Waals surface area contributed by atoms with E-state index in [-0.39, 0.29) is 5.82 Å². The second kappa shape index (κ2) is 6.73. The Balaban J connectivity index is 2.65. The first kappa shape index (κ1) is 14.1. The second-order valence-electron chi connectivity index (χ2n) is 4.14. The molecule has 7 heteroatoms. The van der Waals surface area contributed by atoms with Crippen LogP contribution < -0.4 is 0 Å². The monoisotopic (exact) mass is 255 g/mol. The summed E-state index contributed by atoms with van der Waals surface area (Å²) in [6, 6.07) is -0.775. The van der Waals surface area contributed by atoms with Gasteiger partial charge < -0.3 is 15.2 Å². The number of imidazole rings is 1. The summed E-state index contributed by atoms with van der Waals surface area (Å²) in [4.78, 5) is 24.5. The Bertz CT molecular complexity index is 416. The van der Waals surface area contributed by atoms with Crippen LogP contribution in [0, 0.1) is 10.1 Å². The number of carboxylic acids is 1. The average molecular weight is 255 g/mol. The predicted octanol–water partition coefficient (Wildman–Crippen LogP) is 2.39. The zero-order chi connectivity index (χ0) is 13.5. The highest BCUT2D eigenvalue weighted by Gasteiger charge is 2.22. The van der Waals surface area contributed by atoms with E-state index in [1.54, 1.807) is 0 Å². The summed E-state index contributed by atoms with van der Waals surface area (Å²) in [6.45, 7) is 2.08. The summed E-state index contributed by atoms with van der Waals surface area (Å²) in [7, 11) is 0. The minimum Gasteiger partial charge on any atom is -0.480 e. The Morgan fingerprint density at radius 3 is 2.78 bits per heavy atom. The molecule has 0 saturated heterocycles. The molecule has 0 amide bonds. The van der Waals surface area contributed by atoms with Crippen LogP contribution in [0.25, 0.3) is 0 Å². The van der Waals surface area contributed by atoms with E-state index in [0.717, 1.165) is 25.7 Å². The Morgan fingerprint density at radius 1 is 1.56 bits per heavy atom. The van der Waals surface area contributed by atoms with Gasteiger partial charge in [0.1, 0.15) is 12.2 Å². The topological polar surface area (TPSA) is 98.3 Å². The molecule has 1 aromatic rings. The highest BCUT2D eigenvalue weighted by molar-refractivity contribution is 5.71. The van der Waals surface area contributed by atoms with Crippen LogP contribution in [-0.4, -0.2) is 25.6 Å². The van der Waals surface area contributed by atoms with Gasteiger partial charge in [0.2, 0.25) is 6.33 Å². The molecular formula is C11H17N3O4. The minimum absolute atomic E-state index is 0.324. The number of hydrogen-bond acceptors (Lipinski definition) is 4. The summed E-state index contributed by atoms with van der Waals surface area (Å²) >= 11 is 0. The number of carboxylic acid groups (broad SMARTS) is 1. The molecule has 0 aromatic carbocycles. The van der Waals surface area contributed by atoms with Crippen LogP contribution in [0.15, 0.2) is 12.5 Å². The molecule has 0 aliphatic rings. The normalized spacial score (nSPS) is 12.3. The molecule has 1 rings (SSSR count). The van der Waals surface area contributed by atoms with Gasteiger partial charge >= 0.3 is 11.8 Å². The SMILES string of the molecule is CCCCCC[C@@H](C(=O)O)n1cnc([N+](=O)[O-])c1. The predicted molar refractivity (Wildman–Crippen MR) is 64.3 cm³/mol. The van der Waals surface area contributed by atoms with Crippen molar-refractivity contribution >= 4 is 11.8 Å². The lowest BCUT2D eigenvalue weighted by atomic mass is 10.1. The number of nitro groups is 1. The molecule has 0 unspecified atom stereocenters. The minimum atomic E-state index is -0.987. The molecule has 0 bridgehead atoms. The van der Waals surface area contributed by atoms with Crippen LogP contribution in [0.3, 0.4) is 0 Å². The molecule has 100 valence electrons. The first-order chi connectivity index (χ1) is 8.56. The van der Waals surface area contributed by atoms with Crippen molar-refractivity contribution in [1.29, 1.82) is 0 Å². The summed E-state index contributed by atoms with van der Waals surface area (Å²) in [5, 5.41) is 19.6. The molecule has 0 fully saturated rings. The van der Waals surface area contributed by atoms with E-state index in [4.69, 9.17) is 5.11 Å². The van der Waals surface area contributed by atoms with Crippen molar-refractivity contribution in [2.45, 2.75) is 45.1 Å². The van der Waals surface area contributed by atoms with Gasteiger partial charge in [0.25, 0.3) is 0 Å². The van der Waals surface area contributed by atoms with Crippen molar-refractivity contribution in [3.8, 4) is 0 Å². The molecule has 1 heterocycles. The third-order valence-electron chi connectivity index (χ3n) is 2.75. The summed E-state index contributed by atoms with van der Waals surface area (Å²) in [6.07, 6.45) is 6.73. The zero-order valence-electron chi connectivity index (χ0n) is 10.3. The third-order valence-corrected chi connectivity index (χ3v) is 2.75. The molecule has 0 radical (unpaired) electrons. The van der Waals surface area contributed by atoms with Crippen LogP contribution in [-0.2, 0) is 4.79 Å². The van der Waals surface area contributed by atoms with Gasteiger partial charge in [-0.2, -0.15) is 0 Å². The van der Waals surface area contributed by atoms with Crippen molar-refractivity contribution in [1.82, 2.24) is 9.55 Å². The molecule has 0 saturated carbocycles. The van der Waals surface area contributed by atoms with Crippen LogP contribution >= 0.6 is 0 Å². The number of unbranched alkanes of at least 4 members (excludes halogenated alkanes) is 3. The van der Waals surface area contributed by atoms with Gasteiger partial charge in [0.05, 0.1) is 0 Å².